The fourth-order valence-corrected chi connectivity index (χ4v) is 5.55. The van der Waals surface area contributed by atoms with Crippen molar-refractivity contribution in [1.29, 1.82) is 0 Å². The molecule has 2 fully saturated rings. The van der Waals surface area contributed by atoms with Crippen molar-refractivity contribution in [3.05, 3.63) is 59.7 Å². The lowest BCUT2D eigenvalue weighted by molar-refractivity contribution is -0.146. The molecule has 2 amide bonds. The normalized spacial score (nSPS) is 20.4. The number of hydrogen-bond acceptors (Lipinski definition) is 4. The molecular weight excluding hydrogens is 408 g/mol. The highest BCUT2D eigenvalue weighted by molar-refractivity contribution is 5.84. The fraction of sp³-hybridized carbons (Fsp3) is 0.400. The van der Waals surface area contributed by atoms with Crippen molar-refractivity contribution in [2.45, 2.75) is 25.2 Å². The van der Waals surface area contributed by atoms with E-state index in [1.807, 2.05) is 36.4 Å². The number of fused-ring (bicyclic) bond motifs is 3. The number of carbonyl (C=O) groups is 3. The Morgan fingerprint density at radius 3 is 2.19 bits per heavy atom. The van der Waals surface area contributed by atoms with E-state index >= 15 is 0 Å². The minimum absolute atomic E-state index is 0.0442. The maximum atomic E-state index is 12.6. The lowest BCUT2D eigenvalue weighted by Crippen LogP contribution is -2.42. The molecule has 2 aromatic rings. The van der Waals surface area contributed by atoms with E-state index in [4.69, 9.17) is 4.74 Å². The van der Waals surface area contributed by atoms with E-state index in [9.17, 15) is 19.5 Å². The second-order valence-corrected chi connectivity index (χ2v) is 9.06. The number of amides is 2. The SMILES string of the molecule is O=C(NCC(=O)N1CC(C(=O)O)C2(CCC2)C1)OCC1c2ccccc2-c2ccccc21. The Kier molecular flexibility index (Phi) is 5.12. The average molecular weight is 434 g/mol. The predicted octanol–water partition coefficient (Wildman–Crippen LogP) is 3.24. The van der Waals surface area contributed by atoms with E-state index in [0.29, 0.717) is 6.54 Å². The van der Waals surface area contributed by atoms with Gasteiger partial charge in [0.1, 0.15) is 13.2 Å². The van der Waals surface area contributed by atoms with Crippen LogP contribution in [0.25, 0.3) is 11.1 Å². The van der Waals surface area contributed by atoms with Gasteiger partial charge in [-0.05, 0) is 35.1 Å². The molecule has 2 aromatic carbocycles. The van der Waals surface area contributed by atoms with Crippen molar-refractivity contribution in [1.82, 2.24) is 10.2 Å². The zero-order valence-electron chi connectivity index (χ0n) is 17.8. The molecule has 7 heteroatoms. The van der Waals surface area contributed by atoms with Crippen molar-refractivity contribution < 1.29 is 24.2 Å². The van der Waals surface area contributed by atoms with Gasteiger partial charge in [-0.2, -0.15) is 0 Å². The van der Waals surface area contributed by atoms with Crippen molar-refractivity contribution in [2.24, 2.45) is 11.3 Å². The van der Waals surface area contributed by atoms with E-state index < -0.39 is 18.0 Å². The largest absolute Gasteiger partial charge is 0.481 e. The molecule has 1 saturated carbocycles. The first-order valence-electron chi connectivity index (χ1n) is 11.1. The Morgan fingerprint density at radius 1 is 1.03 bits per heavy atom. The summed E-state index contributed by atoms with van der Waals surface area (Å²) in [6.45, 7) is 0.650. The zero-order valence-corrected chi connectivity index (χ0v) is 17.8. The first-order chi connectivity index (χ1) is 15.5. The number of aliphatic carboxylic acids is 1. The van der Waals surface area contributed by atoms with Crippen LogP contribution < -0.4 is 5.32 Å². The van der Waals surface area contributed by atoms with E-state index in [0.717, 1.165) is 41.5 Å². The molecule has 166 valence electrons. The van der Waals surface area contributed by atoms with Gasteiger partial charge in [0.2, 0.25) is 5.91 Å². The highest BCUT2D eigenvalue weighted by Crippen LogP contribution is 2.51. The molecule has 2 aliphatic carbocycles. The van der Waals surface area contributed by atoms with Crippen molar-refractivity contribution in [2.75, 3.05) is 26.2 Å². The number of likely N-dealkylation sites (tertiary alicyclic amines) is 1. The number of hydrogen-bond donors (Lipinski definition) is 2. The number of alkyl carbamates (subject to hydrolysis) is 1. The van der Waals surface area contributed by atoms with Gasteiger partial charge in [-0.3, -0.25) is 9.59 Å². The summed E-state index contributed by atoms with van der Waals surface area (Å²) in [6.07, 6.45) is 2.04. The highest BCUT2D eigenvalue weighted by Gasteiger charge is 2.54. The molecule has 5 rings (SSSR count). The molecule has 1 aliphatic heterocycles. The van der Waals surface area contributed by atoms with Gasteiger partial charge in [0.15, 0.2) is 0 Å². The maximum absolute atomic E-state index is 12.6. The van der Waals surface area contributed by atoms with Gasteiger partial charge in [-0.1, -0.05) is 55.0 Å². The lowest BCUT2D eigenvalue weighted by Gasteiger charge is -2.40. The first kappa shape index (κ1) is 20.5. The zero-order chi connectivity index (χ0) is 22.3. The van der Waals surface area contributed by atoms with Gasteiger partial charge >= 0.3 is 12.1 Å². The molecule has 1 heterocycles. The third-order valence-electron chi connectivity index (χ3n) is 7.38. The number of ether oxygens (including phenoxy) is 1. The van der Waals surface area contributed by atoms with Crippen LogP contribution >= 0.6 is 0 Å². The van der Waals surface area contributed by atoms with Gasteiger partial charge in [-0.15, -0.1) is 0 Å². The summed E-state index contributed by atoms with van der Waals surface area (Å²) in [5, 5.41) is 12.1. The van der Waals surface area contributed by atoms with Gasteiger partial charge in [0, 0.05) is 24.4 Å². The Bertz CT molecular complexity index is 1030. The summed E-state index contributed by atoms with van der Waals surface area (Å²) in [5.41, 5.74) is 4.27. The monoisotopic (exact) mass is 434 g/mol. The molecular formula is C25H26N2O5. The fourth-order valence-electron chi connectivity index (χ4n) is 5.55. The van der Waals surface area contributed by atoms with Crippen LogP contribution in [0.2, 0.25) is 0 Å². The van der Waals surface area contributed by atoms with Crippen LogP contribution in [0, 0.1) is 11.3 Å². The summed E-state index contributed by atoms with van der Waals surface area (Å²) in [7, 11) is 0. The third-order valence-corrected chi connectivity index (χ3v) is 7.38. The number of rotatable bonds is 5. The van der Waals surface area contributed by atoms with Crippen LogP contribution in [0.4, 0.5) is 4.79 Å². The summed E-state index contributed by atoms with van der Waals surface area (Å²) in [6, 6.07) is 16.2. The molecule has 1 atom stereocenters. The van der Waals surface area contributed by atoms with Gasteiger partial charge < -0.3 is 20.1 Å². The van der Waals surface area contributed by atoms with Crippen LogP contribution in [0.3, 0.4) is 0 Å². The van der Waals surface area contributed by atoms with Crippen molar-refractivity contribution in [3.63, 3.8) is 0 Å². The van der Waals surface area contributed by atoms with E-state index in [2.05, 4.69) is 17.4 Å². The van der Waals surface area contributed by atoms with E-state index in [1.165, 1.54) is 0 Å². The Balaban J connectivity index is 1.16. The number of nitrogens with zero attached hydrogens (tertiary/aromatic N) is 1. The summed E-state index contributed by atoms with van der Waals surface area (Å²) in [5.74, 6) is -1.68. The summed E-state index contributed by atoms with van der Waals surface area (Å²) >= 11 is 0. The molecule has 0 radical (unpaired) electrons. The van der Waals surface area contributed by atoms with Gasteiger partial charge in [0.25, 0.3) is 0 Å². The Labute approximate surface area is 186 Å². The maximum Gasteiger partial charge on any atom is 0.407 e. The Morgan fingerprint density at radius 2 is 1.66 bits per heavy atom. The summed E-state index contributed by atoms with van der Waals surface area (Å²) < 4.78 is 5.47. The van der Waals surface area contributed by atoms with Crippen LogP contribution in [-0.4, -0.2) is 54.2 Å². The first-order valence-corrected chi connectivity index (χ1v) is 11.1. The molecule has 7 nitrogen and oxygen atoms in total. The molecule has 1 unspecified atom stereocenters. The molecule has 0 aromatic heterocycles. The quantitative estimate of drug-likeness (QED) is 0.753. The van der Waals surface area contributed by atoms with Gasteiger partial charge in [-0.25, -0.2) is 4.79 Å². The van der Waals surface area contributed by atoms with E-state index in [-0.39, 0.29) is 36.9 Å². The lowest BCUT2D eigenvalue weighted by atomic mass is 9.63. The van der Waals surface area contributed by atoms with Gasteiger partial charge in [0.05, 0.1) is 5.92 Å². The number of carboxylic acids is 1. The highest BCUT2D eigenvalue weighted by atomic mass is 16.5. The second-order valence-electron chi connectivity index (χ2n) is 9.06. The molecule has 3 aliphatic rings. The van der Waals surface area contributed by atoms with Crippen LogP contribution in [-0.2, 0) is 14.3 Å². The Hall–Kier alpha value is -3.35. The number of nitrogens with one attached hydrogen (secondary N) is 1. The number of carbonyl (C=O) groups excluding carboxylic acids is 2. The standard InChI is InChI=1S/C25H26N2O5/c28-22(27-13-21(23(29)30)25(15-27)10-5-11-25)12-26-24(31)32-14-20-18-8-3-1-6-16(18)17-7-2-4-9-19(17)20/h1-4,6-9,20-21H,5,10-15H2,(H,26,31)(H,29,30). The number of benzene rings is 2. The minimum atomic E-state index is -0.843. The van der Waals surface area contributed by atoms with Crippen LogP contribution in [0.15, 0.2) is 48.5 Å². The molecule has 1 spiro atoms. The molecule has 0 bridgehead atoms. The topological polar surface area (TPSA) is 95.9 Å². The molecule has 2 N–H and O–H groups in total. The average Bonchev–Trinajstić information content (AvgIpc) is 3.34. The van der Waals surface area contributed by atoms with Crippen molar-refractivity contribution in [3.8, 4) is 11.1 Å². The minimum Gasteiger partial charge on any atom is -0.481 e. The smallest absolute Gasteiger partial charge is 0.407 e. The molecule has 32 heavy (non-hydrogen) atoms. The second kappa shape index (κ2) is 7.97. The van der Waals surface area contributed by atoms with Crippen LogP contribution in [0.1, 0.15) is 36.3 Å². The van der Waals surface area contributed by atoms with Crippen molar-refractivity contribution >= 4 is 18.0 Å². The predicted molar refractivity (Wildman–Crippen MR) is 117 cm³/mol. The van der Waals surface area contributed by atoms with E-state index in [1.54, 1.807) is 4.90 Å². The summed E-state index contributed by atoms with van der Waals surface area (Å²) in [4.78, 5) is 38.1. The third kappa shape index (κ3) is 3.42. The number of carboxylic acid groups (broad SMARTS) is 1. The van der Waals surface area contributed by atoms with Crippen LogP contribution in [0.5, 0.6) is 0 Å². The molecule has 1 saturated heterocycles.